The number of carbonyl (C=O) groups is 1. The summed E-state index contributed by atoms with van der Waals surface area (Å²) in [5.74, 6) is -0.0741. The molecule has 25 heavy (non-hydrogen) atoms. The van der Waals surface area contributed by atoms with Gasteiger partial charge in [-0.1, -0.05) is 18.2 Å². The molecule has 2 N–H and O–H groups in total. The minimum Gasteiger partial charge on any atom is -0.393 e. The van der Waals surface area contributed by atoms with Gasteiger partial charge >= 0.3 is 0 Å². The number of nitrogens with zero attached hydrogens (tertiary/aromatic N) is 2. The molecule has 132 valence electrons. The van der Waals surface area contributed by atoms with Crippen molar-refractivity contribution in [3.8, 4) is 0 Å². The summed E-state index contributed by atoms with van der Waals surface area (Å²) >= 11 is 0. The van der Waals surface area contributed by atoms with Crippen molar-refractivity contribution in [2.45, 2.75) is 25.4 Å². The maximum atomic E-state index is 12.0. The smallest absolute Gasteiger partial charge is 0.244 e. The number of aromatic nitrogens is 1. The second-order valence-electron chi connectivity index (χ2n) is 6.47. The van der Waals surface area contributed by atoms with Crippen LogP contribution in [0.15, 0.2) is 42.6 Å². The van der Waals surface area contributed by atoms with E-state index in [1.54, 1.807) is 12.3 Å². The Kier molecular flexibility index (Phi) is 6.14. The Morgan fingerprint density at radius 3 is 2.92 bits per heavy atom. The number of carbonyl (C=O) groups excluding carboxylic acids is 1. The van der Waals surface area contributed by atoms with Crippen LogP contribution in [-0.2, 0) is 4.79 Å². The number of nitrogens with one attached hydrogen (secondary N) is 1. The second kappa shape index (κ2) is 8.74. The molecule has 3 rings (SSSR count). The van der Waals surface area contributed by atoms with Gasteiger partial charge in [-0.3, -0.25) is 9.78 Å². The second-order valence-corrected chi connectivity index (χ2v) is 6.47. The number of amides is 1. The molecule has 1 amide bonds. The molecule has 1 saturated heterocycles. The van der Waals surface area contributed by atoms with Crippen LogP contribution < -0.4 is 5.32 Å². The lowest BCUT2D eigenvalue weighted by Crippen LogP contribution is -2.37. The number of hydrogen-bond donors (Lipinski definition) is 2. The van der Waals surface area contributed by atoms with Crippen molar-refractivity contribution in [2.24, 2.45) is 0 Å². The number of benzene rings is 1. The highest BCUT2D eigenvalue weighted by atomic mass is 16.3. The van der Waals surface area contributed by atoms with Gasteiger partial charge in [0.05, 0.1) is 11.6 Å². The van der Waals surface area contributed by atoms with E-state index in [9.17, 15) is 9.90 Å². The zero-order valence-electron chi connectivity index (χ0n) is 14.4. The van der Waals surface area contributed by atoms with Gasteiger partial charge in [-0.25, -0.2) is 0 Å². The van der Waals surface area contributed by atoms with Crippen molar-refractivity contribution in [3.05, 3.63) is 48.2 Å². The van der Waals surface area contributed by atoms with E-state index in [1.807, 2.05) is 36.4 Å². The number of aliphatic hydroxyl groups excluding tert-OH is 1. The van der Waals surface area contributed by atoms with E-state index in [-0.39, 0.29) is 12.0 Å². The summed E-state index contributed by atoms with van der Waals surface area (Å²) < 4.78 is 0. The Bertz CT molecular complexity index is 731. The van der Waals surface area contributed by atoms with Gasteiger partial charge in [-0.2, -0.15) is 0 Å². The molecule has 2 heterocycles. The van der Waals surface area contributed by atoms with Gasteiger partial charge in [0.25, 0.3) is 0 Å². The molecule has 0 bridgehead atoms. The Hall–Kier alpha value is -2.24. The van der Waals surface area contributed by atoms with Gasteiger partial charge < -0.3 is 15.3 Å². The van der Waals surface area contributed by atoms with Crippen LogP contribution in [0.3, 0.4) is 0 Å². The van der Waals surface area contributed by atoms with Crippen LogP contribution in [0.25, 0.3) is 17.0 Å². The molecule has 1 aromatic heterocycles. The normalized spacial score (nSPS) is 16.5. The van der Waals surface area contributed by atoms with Crippen LogP contribution >= 0.6 is 0 Å². The highest BCUT2D eigenvalue weighted by Crippen LogP contribution is 2.17. The number of para-hydroxylation sites is 1. The predicted molar refractivity (Wildman–Crippen MR) is 100 cm³/mol. The minimum absolute atomic E-state index is 0.0741. The molecule has 1 aromatic carbocycles. The van der Waals surface area contributed by atoms with Crippen LogP contribution in [0.5, 0.6) is 0 Å². The number of rotatable bonds is 6. The number of aliphatic hydroxyl groups is 1. The molecule has 1 aliphatic rings. The van der Waals surface area contributed by atoms with E-state index in [4.69, 9.17) is 0 Å². The highest BCUT2D eigenvalue weighted by Gasteiger charge is 2.15. The Balaban J connectivity index is 1.43. The fraction of sp³-hybridized carbons (Fsp3) is 0.400. The lowest BCUT2D eigenvalue weighted by Gasteiger charge is -2.29. The molecule has 2 aromatic rings. The Morgan fingerprint density at radius 2 is 2.08 bits per heavy atom. The van der Waals surface area contributed by atoms with Crippen LogP contribution in [-0.4, -0.2) is 53.2 Å². The first-order chi connectivity index (χ1) is 12.2. The zero-order valence-corrected chi connectivity index (χ0v) is 14.4. The van der Waals surface area contributed by atoms with E-state index in [0.717, 1.165) is 55.4 Å². The highest BCUT2D eigenvalue weighted by molar-refractivity contribution is 5.95. The lowest BCUT2D eigenvalue weighted by molar-refractivity contribution is -0.116. The third-order valence-electron chi connectivity index (χ3n) is 4.60. The van der Waals surface area contributed by atoms with Gasteiger partial charge in [0.15, 0.2) is 0 Å². The number of pyridine rings is 1. The quantitative estimate of drug-likeness (QED) is 0.626. The molecule has 1 fully saturated rings. The summed E-state index contributed by atoms with van der Waals surface area (Å²) in [5, 5.41) is 13.5. The van der Waals surface area contributed by atoms with Crippen LogP contribution in [0.1, 0.15) is 24.8 Å². The summed E-state index contributed by atoms with van der Waals surface area (Å²) in [4.78, 5) is 18.7. The standard InChI is InChI=1S/C20H25N3O2/c24-17-9-14-23(15-10-17)13-3-11-22-20(25)7-6-16-8-12-21-19-5-2-1-4-18(16)19/h1-2,4-8,12,17,24H,3,9-11,13-15H2,(H,22,25). The SMILES string of the molecule is O=C(C=Cc1ccnc2ccccc12)NCCCN1CCC(O)CC1. The summed E-state index contributed by atoms with van der Waals surface area (Å²) in [6.45, 7) is 3.53. The third kappa shape index (κ3) is 5.11. The molecule has 0 unspecified atom stereocenters. The van der Waals surface area contributed by atoms with Crippen molar-refractivity contribution < 1.29 is 9.90 Å². The summed E-state index contributed by atoms with van der Waals surface area (Å²) in [5.41, 5.74) is 1.92. The first-order valence-electron chi connectivity index (χ1n) is 8.92. The largest absolute Gasteiger partial charge is 0.393 e. The van der Waals surface area contributed by atoms with E-state index in [0.29, 0.717) is 6.54 Å². The van der Waals surface area contributed by atoms with Gasteiger partial charge in [0.1, 0.15) is 0 Å². The van der Waals surface area contributed by atoms with Crippen LogP contribution in [0.4, 0.5) is 0 Å². The van der Waals surface area contributed by atoms with Crippen molar-refractivity contribution in [1.29, 1.82) is 0 Å². The van der Waals surface area contributed by atoms with Crippen LogP contribution in [0.2, 0.25) is 0 Å². The van der Waals surface area contributed by atoms with E-state index >= 15 is 0 Å². The summed E-state index contributed by atoms with van der Waals surface area (Å²) in [6.07, 6.45) is 7.68. The third-order valence-corrected chi connectivity index (χ3v) is 4.60. The molecule has 5 nitrogen and oxygen atoms in total. The van der Waals surface area contributed by atoms with E-state index in [2.05, 4.69) is 15.2 Å². The first-order valence-corrected chi connectivity index (χ1v) is 8.92. The molecule has 0 aliphatic carbocycles. The molecular formula is C20H25N3O2. The van der Waals surface area contributed by atoms with Gasteiger partial charge in [-0.05, 0) is 49.6 Å². The maximum Gasteiger partial charge on any atom is 0.244 e. The predicted octanol–water partition coefficient (Wildman–Crippen LogP) is 2.21. The van der Waals surface area contributed by atoms with Crippen LogP contribution in [0, 0.1) is 0 Å². The Labute approximate surface area is 148 Å². The fourth-order valence-electron chi connectivity index (χ4n) is 3.14. The topological polar surface area (TPSA) is 65.5 Å². The fourth-order valence-corrected chi connectivity index (χ4v) is 3.14. The number of likely N-dealkylation sites (tertiary alicyclic amines) is 1. The van der Waals surface area contributed by atoms with Gasteiger partial charge in [0.2, 0.25) is 5.91 Å². The average molecular weight is 339 g/mol. The van der Waals surface area contributed by atoms with Gasteiger partial charge in [-0.15, -0.1) is 0 Å². The first kappa shape index (κ1) is 17.6. The van der Waals surface area contributed by atoms with E-state index in [1.165, 1.54) is 0 Å². The monoisotopic (exact) mass is 339 g/mol. The van der Waals surface area contributed by atoms with E-state index < -0.39 is 0 Å². The molecule has 5 heteroatoms. The van der Waals surface area contributed by atoms with Crippen molar-refractivity contribution in [2.75, 3.05) is 26.2 Å². The number of fused-ring (bicyclic) bond motifs is 1. The summed E-state index contributed by atoms with van der Waals surface area (Å²) in [7, 11) is 0. The van der Waals surface area contributed by atoms with Crippen molar-refractivity contribution >= 4 is 22.9 Å². The molecule has 1 aliphatic heterocycles. The molecule has 0 radical (unpaired) electrons. The zero-order chi connectivity index (χ0) is 17.5. The maximum absolute atomic E-state index is 12.0. The molecule has 0 spiro atoms. The minimum atomic E-state index is -0.134. The van der Waals surface area contributed by atoms with Crippen molar-refractivity contribution in [3.63, 3.8) is 0 Å². The number of piperidine rings is 1. The molecule has 0 saturated carbocycles. The number of hydrogen-bond acceptors (Lipinski definition) is 4. The average Bonchev–Trinajstić information content (AvgIpc) is 2.65. The lowest BCUT2D eigenvalue weighted by atomic mass is 10.1. The molecule has 0 atom stereocenters. The van der Waals surface area contributed by atoms with Crippen molar-refractivity contribution in [1.82, 2.24) is 15.2 Å². The Morgan fingerprint density at radius 1 is 1.28 bits per heavy atom. The van der Waals surface area contributed by atoms with Gasteiger partial charge in [0, 0.05) is 37.3 Å². The molecular weight excluding hydrogens is 314 g/mol. The summed E-state index contributed by atoms with van der Waals surface area (Å²) in [6, 6.07) is 9.82.